The molecule has 1 saturated heterocycles. The van der Waals surface area contributed by atoms with E-state index in [-0.39, 0.29) is 23.9 Å². The molecule has 176 valence electrons. The Labute approximate surface area is 194 Å². The number of nitrogens with two attached hydrogens (primary N) is 1. The van der Waals surface area contributed by atoms with Crippen LogP contribution in [0.4, 0.5) is 10.2 Å². The van der Waals surface area contributed by atoms with Crippen molar-refractivity contribution in [3.8, 4) is 11.1 Å². The van der Waals surface area contributed by atoms with Gasteiger partial charge in [-0.3, -0.25) is 4.79 Å². The van der Waals surface area contributed by atoms with E-state index < -0.39 is 5.60 Å². The van der Waals surface area contributed by atoms with Crippen LogP contribution in [0.3, 0.4) is 0 Å². The molecule has 1 aliphatic heterocycles. The summed E-state index contributed by atoms with van der Waals surface area (Å²) in [6.07, 6.45) is 7.36. The second kappa shape index (κ2) is 8.69. The van der Waals surface area contributed by atoms with E-state index in [1.807, 2.05) is 6.07 Å². The van der Waals surface area contributed by atoms with Crippen LogP contribution >= 0.6 is 0 Å². The second-order valence-electron chi connectivity index (χ2n) is 10.2. The number of benzene rings is 1. The summed E-state index contributed by atoms with van der Waals surface area (Å²) in [6.45, 7) is 2.06. The van der Waals surface area contributed by atoms with Crippen LogP contribution < -0.4 is 11.1 Å². The van der Waals surface area contributed by atoms with Crippen molar-refractivity contribution in [3.05, 3.63) is 47.7 Å². The van der Waals surface area contributed by atoms with Crippen LogP contribution in [0.5, 0.6) is 0 Å². The first kappa shape index (κ1) is 22.3. The zero-order valence-electron chi connectivity index (χ0n) is 19.0. The van der Waals surface area contributed by atoms with Gasteiger partial charge in [0.15, 0.2) is 0 Å². The number of carbonyl (C=O) groups excluding carboxylic acids is 1. The smallest absolute Gasteiger partial charge is 0.255 e. The second-order valence-corrected chi connectivity index (χ2v) is 10.2. The number of halogens is 1. The highest BCUT2D eigenvalue weighted by Crippen LogP contribution is 2.46. The molecule has 1 unspecified atom stereocenters. The number of nitrogens with zero attached hydrogens (tertiary/aromatic N) is 2. The highest BCUT2D eigenvalue weighted by Gasteiger charge is 2.48. The lowest BCUT2D eigenvalue weighted by Crippen LogP contribution is -2.58. The minimum Gasteiger partial charge on any atom is -0.390 e. The molecule has 4 N–H and O–H groups in total. The van der Waals surface area contributed by atoms with Crippen molar-refractivity contribution in [1.29, 1.82) is 0 Å². The number of likely N-dealkylation sites (tertiary alicyclic amines) is 1. The van der Waals surface area contributed by atoms with E-state index in [1.54, 1.807) is 6.20 Å². The molecule has 3 saturated carbocycles. The Hall–Kier alpha value is -2.51. The van der Waals surface area contributed by atoms with Gasteiger partial charge in [0.1, 0.15) is 12.5 Å². The van der Waals surface area contributed by atoms with Gasteiger partial charge >= 0.3 is 0 Å². The summed E-state index contributed by atoms with van der Waals surface area (Å²) in [4.78, 5) is 19.6. The van der Waals surface area contributed by atoms with Gasteiger partial charge in [0.05, 0.1) is 11.2 Å². The van der Waals surface area contributed by atoms with Crippen LogP contribution in [0.25, 0.3) is 11.1 Å². The van der Waals surface area contributed by atoms with E-state index in [0.717, 1.165) is 69.2 Å². The Bertz CT molecular complexity index is 1000. The molecule has 6 nitrogen and oxygen atoms in total. The lowest BCUT2D eigenvalue weighted by atomic mass is 9.63. The maximum Gasteiger partial charge on any atom is 0.255 e. The van der Waals surface area contributed by atoms with E-state index in [1.165, 1.54) is 5.56 Å². The van der Waals surface area contributed by atoms with Crippen molar-refractivity contribution < 1.29 is 14.3 Å². The number of rotatable bonds is 6. The van der Waals surface area contributed by atoms with E-state index >= 15 is 0 Å². The molecule has 2 heterocycles. The fourth-order valence-electron chi connectivity index (χ4n) is 5.85. The third kappa shape index (κ3) is 4.49. The number of anilines is 1. The molecule has 0 radical (unpaired) electrons. The molecule has 4 aliphatic rings. The van der Waals surface area contributed by atoms with Gasteiger partial charge in [-0.2, -0.15) is 0 Å². The van der Waals surface area contributed by atoms with Crippen LogP contribution in [0, 0.1) is 0 Å². The zero-order chi connectivity index (χ0) is 23.1. The van der Waals surface area contributed by atoms with Crippen LogP contribution in [0.2, 0.25) is 0 Å². The summed E-state index contributed by atoms with van der Waals surface area (Å²) < 4.78 is 12.6. The molecule has 33 heavy (non-hydrogen) atoms. The predicted molar refractivity (Wildman–Crippen MR) is 127 cm³/mol. The van der Waals surface area contributed by atoms with Crippen LogP contribution in [-0.2, 0) is 0 Å². The molecule has 4 fully saturated rings. The minimum absolute atomic E-state index is 0.190. The predicted octanol–water partition coefficient (Wildman–Crippen LogP) is 3.66. The number of hydrogen-bond acceptors (Lipinski definition) is 5. The highest BCUT2D eigenvalue weighted by molar-refractivity contribution is 5.99. The van der Waals surface area contributed by atoms with Gasteiger partial charge in [-0.25, -0.2) is 9.37 Å². The SMILES string of the molecule is Nc1ncc(-c2ccc(C3CCN(CCF)C3)cc2)cc1C(=O)NC12CCC(O)(CC1)CC2. The van der Waals surface area contributed by atoms with Crippen molar-refractivity contribution in [2.75, 3.05) is 32.0 Å². The quantitative estimate of drug-likeness (QED) is 0.622. The van der Waals surface area contributed by atoms with Crippen molar-refractivity contribution in [2.24, 2.45) is 0 Å². The van der Waals surface area contributed by atoms with Gasteiger partial charge in [0.2, 0.25) is 0 Å². The first-order valence-corrected chi connectivity index (χ1v) is 12.1. The van der Waals surface area contributed by atoms with Gasteiger partial charge in [-0.05, 0) is 74.6 Å². The number of amides is 1. The molecule has 2 bridgehead atoms. The number of alkyl halides is 1. The number of fused-ring (bicyclic) bond motifs is 3. The molecule has 1 aromatic heterocycles. The molecule has 1 aromatic carbocycles. The maximum absolute atomic E-state index is 13.2. The van der Waals surface area contributed by atoms with Crippen LogP contribution in [-0.4, -0.2) is 58.3 Å². The maximum atomic E-state index is 13.2. The number of nitrogen functional groups attached to an aromatic ring is 1. The average Bonchev–Trinajstić information content (AvgIpc) is 3.29. The van der Waals surface area contributed by atoms with Crippen LogP contribution in [0.1, 0.15) is 66.8 Å². The Kier molecular flexibility index (Phi) is 5.87. The molecular weight excluding hydrogens is 419 g/mol. The number of aliphatic hydroxyl groups is 1. The van der Waals surface area contributed by atoms with Gasteiger partial charge in [-0.1, -0.05) is 24.3 Å². The number of hydrogen-bond donors (Lipinski definition) is 3. The van der Waals surface area contributed by atoms with Crippen molar-refractivity contribution >= 4 is 11.7 Å². The van der Waals surface area contributed by atoms with E-state index in [0.29, 0.717) is 18.0 Å². The monoisotopic (exact) mass is 452 g/mol. The van der Waals surface area contributed by atoms with Gasteiger partial charge in [-0.15, -0.1) is 0 Å². The molecule has 3 aliphatic carbocycles. The number of carbonyl (C=O) groups is 1. The fraction of sp³-hybridized carbons (Fsp3) is 0.538. The fourth-order valence-corrected chi connectivity index (χ4v) is 5.85. The highest BCUT2D eigenvalue weighted by atomic mass is 19.1. The summed E-state index contributed by atoms with van der Waals surface area (Å²) in [7, 11) is 0. The first-order chi connectivity index (χ1) is 15.9. The number of pyridine rings is 1. The Morgan fingerprint density at radius 2 is 1.85 bits per heavy atom. The van der Waals surface area contributed by atoms with Crippen molar-refractivity contribution in [3.63, 3.8) is 0 Å². The van der Waals surface area contributed by atoms with E-state index in [4.69, 9.17) is 5.73 Å². The summed E-state index contributed by atoms with van der Waals surface area (Å²) in [5.74, 6) is 0.468. The molecule has 0 spiro atoms. The lowest BCUT2D eigenvalue weighted by molar-refractivity contribution is -0.0702. The largest absolute Gasteiger partial charge is 0.390 e. The van der Waals surface area contributed by atoms with Crippen molar-refractivity contribution in [2.45, 2.75) is 62.0 Å². The Morgan fingerprint density at radius 1 is 1.15 bits per heavy atom. The minimum atomic E-state index is -0.539. The zero-order valence-corrected chi connectivity index (χ0v) is 19.0. The van der Waals surface area contributed by atoms with E-state index in [2.05, 4.69) is 39.5 Å². The molecule has 6 rings (SSSR count). The number of nitrogens with one attached hydrogen (secondary N) is 1. The summed E-state index contributed by atoms with van der Waals surface area (Å²) >= 11 is 0. The number of aromatic nitrogens is 1. The standard InChI is InChI=1S/C26H33FN4O2/c27-12-14-31-13-5-20(17-31)18-1-3-19(4-2-18)21-15-22(23(28)29-16-21)24(32)30-25-6-9-26(33,10-7-25)11-8-25/h1-4,15-16,20,33H,5-14,17H2,(H2,28,29)(H,30,32). The third-order valence-corrected chi connectivity index (χ3v) is 8.14. The normalized spacial score (nSPS) is 29.3. The summed E-state index contributed by atoms with van der Waals surface area (Å²) in [5.41, 5.74) is 8.80. The van der Waals surface area contributed by atoms with Gasteiger partial charge in [0.25, 0.3) is 5.91 Å². The summed E-state index contributed by atoms with van der Waals surface area (Å²) in [6, 6.07) is 10.2. The topological polar surface area (TPSA) is 91.5 Å². The van der Waals surface area contributed by atoms with Crippen molar-refractivity contribution in [1.82, 2.24) is 15.2 Å². The Balaban J connectivity index is 1.30. The molecule has 7 heteroatoms. The average molecular weight is 453 g/mol. The molecule has 1 atom stereocenters. The van der Waals surface area contributed by atoms with E-state index in [9.17, 15) is 14.3 Å². The third-order valence-electron chi connectivity index (χ3n) is 8.14. The molecular formula is C26H33FN4O2. The molecule has 2 aromatic rings. The van der Waals surface area contributed by atoms with Crippen LogP contribution in [0.15, 0.2) is 36.5 Å². The first-order valence-electron chi connectivity index (χ1n) is 12.1. The van der Waals surface area contributed by atoms with Gasteiger partial charge in [0, 0.05) is 30.4 Å². The molecule has 1 amide bonds. The van der Waals surface area contributed by atoms with Gasteiger partial charge < -0.3 is 21.1 Å². The lowest BCUT2D eigenvalue weighted by Gasteiger charge is -2.51. The summed E-state index contributed by atoms with van der Waals surface area (Å²) in [5, 5.41) is 13.7. The Morgan fingerprint density at radius 3 is 2.52 bits per heavy atom.